The summed E-state index contributed by atoms with van der Waals surface area (Å²) in [5.74, 6) is 2.98. The Morgan fingerprint density at radius 2 is 2.22 bits per heavy atom. The average Bonchev–Trinajstić information content (AvgIpc) is 3.17. The van der Waals surface area contributed by atoms with Gasteiger partial charge >= 0.3 is 0 Å². The lowest BCUT2D eigenvalue weighted by Gasteiger charge is -2.33. The molecule has 0 aliphatic carbocycles. The number of nitrogens with one attached hydrogen (secondary N) is 2. The quantitative estimate of drug-likeness (QED) is 0.207. The summed E-state index contributed by atoms with van der Waals surface area (Å²) in [6, 6.07) is 4.44. The highest BCUT2D eigenvalue weighted by Crippen LogP contribution is 2.10. The Labute approximate surface area is 185 Å². The Kier molecular flexibility index (Phi) is 14.1. The van der Waals surface area contributed by atoms with Crippen molar-refractivity contribution in [3.63, 3.8) is 0 Å². The minimum Gasteiger partial charge on any atom is -0.469 e. The van der Waals surface area contributed by atoms with Crippen LogP contribution < -0.4 is 10.6 Å². The van der Waals surface area contributed by atoms with E-state index in [1.807, 2.05) is 23.9 Å². The smallest absolute Gasteiger partial charge is 0.191 e. The second-order valence-corrected chi connectivity index (χ2v) is 7.57. The summed E-state index contributed by atoms with van der Waals surface area (Å²) in [7, 11) is 1.77. The summed E-state index contributed by atoms with van der Waals surface area (Å²) < 4.78 is 10.5. The molecule has 2 heterocycles. The maximum absolute atomic E-state index is 5.40. The van der Waals surface area contributed by atoms with E-state index in [0.717, 1.165) is 82.5 Å². The van der Waals surface area contributed by atoms with Gasteiger partial charge in [-0.3, -0.25) is 4.99 Å². The lowest BCUT2D eigenvalue weighted by molar-refractivity contribution is 0.155. The maximum Gasteiger partial charge on any atom is 0.191 e. The molecule has 2 N–H and O–H groups in total. The minimum absolute atomic E-state index is 0. The second kappa shape index (κ2) is 15.5. The zero-order valence-corrected chi connectivity index (χ0v) is 19.8. The number of thioether (sulfide) groups is 1. The van der Waals surface area contributed by atoms with Gasteiger partial charge in [-0.05, 0) is 37.7 Å². The molecular weight excluding hydrogens is 475 g/mol. The van der Waals surface area contributed by atoms with Crippen LogP contribution in [0.3, 0.4) is 0 Å². The van der Waals surface area contributed by atoms with Gasteiger partial charge in [0.1, 0.15) is 5.76 Å². The molecule has 0 spiro atoms. The number of hydrogen-bond acceptors (Lipinski definition) is 5. The first kappa shape index (κ1) is 24.6. The fourth-order valence-electron chi connectivity index (χ4n) is 3.09. The first-order valence-electron chi connectivity index (χ1n) is 9.59. The molecule has 156 valence electrons. The van der Waals surface area contributed by atoms with Gasteiger partial charge in [0, 0.05) is 58.1 Å². The summed E-state index contributed by atoms with van der Waals surface area (Å²) in [5, 5.41) is 7.09. The lowest BCUT2D eigenvalue weighted by Crippen LogP contribution is -2.49. The third-order valence-electron chi connectivity index (χ3n) is 4.56. The van der Waals surface area contributed by atoms with E-state index in [1.165, 1.54) is 0 Å². The molecule has 6 nitrogen and oxygen atoms in total. The van der Waals surface area contributed by atoms with Crippen LogP contribution in [0.1, 0.15) is 25.0 Å². The summed E-state index contributed by atoms with van der Waals surface area (Å²) >= 11 is 1.83. The van der Waals surface area contributed by atoms with Crippen LogP contribution >= 0.6 is 35.7 Å². The highest BCUT2D eigenvalue weighted by atomic mass is 127. The van der Waals surface area contributed by atoms with Crippen molar-refractivity contribution in [2.24, 2.45) is 4.99 Å². The van der Waals surface area contributed by atoms with Crippen molar-refractivity contribution in [3.8, 4) is 0 Å². The fourth-order valence-corrected chi connectivity index (χ4v) is 3.36. The van der Waals surface area contributed by atoms with Crippen LogP contribution in [0, 0.1) is 0 Å². The van der Waals surface area contributed by atoms with Crippen molar-refractivity contribution in [2.75, 3.05) is 58.4 Å². The normalized spacial score (nSPS) is 16.1. The maximum atomic E-state index is 5.40. The van der Waals surface area contributed by atoms with Crippen molar-refractivity contribution in [3.05, 3.63) is 24.2 Å². The van der Waals surface area contributed by atoms with Crippen LogP contribution in [0.4, 0.5) is 0 Å². The van der Waals surface area contributed by atoms with Gasteiger partial charge in [-0.25, -0.2) is 0 Å². The standard InChI is InChI=1S/C19H34N4O2S.HI/c1-24-14-4-11-23-12-7-17(8-13-23)22-19(21-10-16-26-2)20-9-6-18-5-3-15-25-18;/h3,5,15,17H,4,6-14,16H2,1-2H3,(H2,20,21,22);1H. The van der Waals surface area contributed by atoms with Gasteiger partial charge in [-0.15, -0.1) is 24.0 Å². The fraction of sp³-hybridized carbons (Fsp3) is 0.737. The van der Waals surface area contributed by atoms with Crippen molar-refractivity contribution in [2.45, 2.75) is 31.7 Å². The van der Waals surface area contributed by atoms with Gasteiger partial charge in [0.05, 0.1) is 12.8 Å². The van der Waals surface area contributed by atoms with Crippen LogP contribution in [0.15, 0.2) is 27.8 Å². The number of likely N-dealkylation sites (tertiary alicyclic amines) is 1. The van der Waals surface area contributed by atoms with Crippen molar-refractivity contribution in [1.29, 1.82) is 0 Å². The molecule has 1 fully saturated rings. The number of furan rings is 1. The van der Waals surface area contributed by atoms with E-state index in [9.17, 15) is 0 Å². The highest BCUT2D eigenvalue weighted by molar-refractivity contribution is 14.0. The summed E-state index contributed by atoms with van der Waals surface area (Å²) in [6.45, 7) is 5.94. The SMILES string of the molecule is COCCCN1CCC(NC(=NCCSC)NCCc2ccco2)CC1.I. The van der Waals surface area contributed by atoms with Crippen molar-refractivity contribution in [1.82, 2.24) is 15.5 Å². The first-order valence-corrected chi connectivity index (χ1v) is 11.0. The molecule has 8 heteroatoms. The first-order chi connectivity index (χ1) is 12.8. The number of aliphatic imine (C=N–C) groups is 1. The number of guanidine groups is 1. The number of rotatable bonds is 11. The summed E-state index contributed by atoms with van der Waals surface area (Å²) in [5.41, 5.74) is 0. The minimum atomic E-state index is 0. The van der Waals surface area contributed by atoms with E-state index in [-0.39, 0.29) is 24.0 Å². The van der Waals surface area contributed by atoms with Crippen LogP contribution in [-0.4, -0.2) is 75.4 Å². The van der Waals surface area contributed by atoms with Gasteiger partial charge < -0.3 is 24.7 Å². The molecule has 1 aromatic heterocycles. The lowest BCUT2D eigenvalue weighted by atomic mass is 10.1. The molecule has 0 atom stereocenters. The topological polar surface area (TPSA) is 62.0 Å². The second-order valence-electron chi connectivity index (χ2n) is 6.59. The van der Waals surface area contributed by atoms with Crippen molar-refractivity contribution >= 4 is 41.7 Å². The predicted molar refractivity (Wildman–Crippen MR) is 126 cm³/mol. The molecule has 0 unspecified atom stereocenters. The van der Waals surface area contributed by atoms with Gasteiger partial charge in [0.25, 0.3) is 0 Å². The molecule has 2 rings (SSSR count). The third-order valence-corrected chi connectivity index (χ3v) is 5.15. The number of piperidine rings is 1. The Morgan fingerprint density at radius 1 is 1.41 bits per heavy atom. The third kappa shape index (κ3) is 10.6. The van der Waals surface area contributed by atoms with Gasteiger partial charge in [-0.1, -0.05) is 0 Å². The van der Waals surface area contributed by atoms with Gasteiger partial charge in [0.2, 0.25) is 0 Å². The Morgan fingerprint density at radius 3 is 2.89 bits per heavy atom. The number of halogens is 1. The molecule has 0 amide bonds. The van der Waals surface area contributed by atoms with E-state index in [2.05, 4.69) is 21.8 Å². The number of methoxy groups -OCH3 is 1. The van der Waals surface area contributed by atoms with E-state index in [1.54, 1.807) is 13.4 Å². The number of ether oxygens (including phenoxy) is 1. The zero-order valence-electron chi connectivity index (χ0n) is 16.6. The molecular formula is C19H35IN4O2S. The zero-order chi connectivity index (χ0) is 18.5. The van der Waals surface area contributed by atoms with Gasteiger partial charge in [0.15, 0.2) is 5.96 Å². The molecule has 1 aliphatic heterocycles. The molecule has 0 aromatic carbocycles. The monoisotopic (exact) mass is 510 g/mol. The Hall–Kier alpha value is -0.450. The molecule has 1 aliphatic rings. The highest BCUT2D eigenvalue weighted by Gasteiger charge is 2.19. The van der Waals surface area contributed by atoms with E-state index < -0.39 is 0 Å². The largest absolute Gasteiger partial charge is 0.469 e. The van der Waals surface area contributed by atoms with Gasteiger partial charge in [-0.2, -0.15) is 11.8 Å². The summed E-state index contributed by atoms with van der Waals surface area (Å²) in [6.07, 6.45) is 8.15. The number of nitrogens with zero attached hydrogens (tertiary/aromatic N) is 2. The van der Waals surface area contributed by atoms with Crippen molar-refractivity contribution < 1.29 is 9.15 Å². The average molecular weight is 510 g/mol. The molecule has 0 bridgehead atoms. The van der Waals surface area contributed by atoms with Crippen LogP contribution in [0.2, 0.25) is 0 Å². The van der Waals surface area contributed by atoms with Crippen LogP contribution in [0.25, 0.3) is 0 Å². The Balaban J connectivity index is 0.00000364. The van der Waals surface area contributed by atoms with E-state index in [0.29, 0.717) is 6.04 Å². The van der Waals surface area contributed by atoms with Crippen LogP contribution in [-0.2, 0) is 11.2 Å². The molecule has 1 aromatic rings. The summed E-state index contributed by atoms with van der Waals surface area (Å²) in [4.78, 5) is 7.25. The number of hydrogen-bond donors (Lipinski definition) is 2. The molecule has 0 saturated carbocycles. The molecule has 0 radical (unpaired) electrons. The Bertz CT molecular complexity index is 494. The van der Waals surface area contributed by atoms with Crippen LogP contribution in [0.5, 0.6) is 0 Å². The molecule has 1 saturated heterocycles. The molecule has 27 heavy (non-hydrogen) atoms. The van der Waals surface area contributed by atoms with E-state index >= 15 is 0 Å². The predicted octanol–water partition coefficient (Wildman–Crippen LogP) is 2.84. The van der Waals surface area contributed by atoms with E-state index in [4.69, 9.17) is 14.1 Å².